The maximum absolute atomic E-state index is 12.3. The summed E-state index contributed by atoms with van der Waals surface area (Å²) in [5.74, 6) is 2.23. The third kappa shape index (κ3) is 3.96. The lowest BCUT2D eigenvalue weighted by molar-refractivity contribution is -0.134. The number of aromatic amines is 1. The van der Waals surface area contributed by atoms with E-state index in [9.17, 15) is 4.79 Å². The van der Waals surface area contributed by atoms with Crippen molar-refractivity contribution in [2.24, 2.45) is 0 Å². The number of carbonyl (C=O) groups excluding carboxylic acids is 1. The molecule has 1 aliphatic rings. The molecule has 3 heterocycles. The van der Waals surface area contributed by atoms with Crippen LogP contribution in [-0.2, 0) is 16.1 Å². The number of H-pyrrole nitrogens is 1. The SMILES string of the molecule is Cc1nc([C@H]2CN(CC(=O)N(C)Cc3ccco3)CCO2)n[nH]1. The average molecular weight is 319 g/mol. The van der Waals surface area contributed by atoms with Gasteiger partial charge in [0.05, 0.1) is 26.0 Å². The first-order valence-corrected chi connectivity index (χ1v) is 7.61. The standard InChI is InChI=1S/C15H21N5O3/c1-11-16-15(18-17-11)13-9-20(5-7-23-13)10-14(21)19(2)8-12-4-3-6-22-12/h3-4,6,13H,5,7-10H2,1-2H3,(H,16,17,18)/t13-/m1/s1. The molecule has 0 aromatic carbocycles. The third-order valence-corrected chi connectivity index (χ3v) is 3.81. The fourth-order valence-electron chi connectivity index (χ4n) is 2.54. The number of rotatable bonds is 5. The summed E-state index contributed by atoms with van der Waals surface area (Å²) < 4.78 is 11.0. The zero-order valence-corrected chi connectivity index (χ0v) is 13.4. The molecule has 1 atom stereocenters. The maximum Gasteiger partial charge on any atom is 0.236 e. The maximum atomic E-state index is 12.3. The fraction of sp³-hybridized carbons (Fsp3) is 0.533. The van der Waals surface area contributed by atoms with Gasteiger partial charge in [-0.1, -0.05) is 0 Å². The van der Waals surface area contributed by atoms with Crippen LogP contribution in [0.5, 0.6) is 0 Å². The van der Waals surface area contributed by atoms with Crippen LogP contribution in [0, 0.1) is 6.92 Å². The van der Waals surface area contributed by atoms with Crippen molar-refractivity contribution in [1.82, 2.24) is 25.0 Å². The highest BCUT2D eigenvalue weighted by Crippen LogP contribution is 2.19. The van der Waals surface area contributed by atoms with Gasteiger partial charge in [0, 0.05) is 20.1 Å². The van der Waals surface area contributed by atoms with Crippen molar-refractivity contribution in [2.45, 2.75) is 19.6 Å². The second-order valence-corrected chi connectivity index (χ2v) is 5.70. The monoisotopic (exact) mass is 319 g/mol. The van der Waals surface area contributed by atoms with Gasteiger partial charge in [-0.3, -0.25) is 14.8 Å². The number of morpholine rings is 1. The van der Waals surface area contributed by atoms with Gasteiger partial charge in [-0.25, -0.2) is 4.98 Å². The number of carbonyl (C=O) groups is 1. The van der Waals surface area contributed by atoms with E-state index < -0.39 is 0 Å². The van der Waals surface area contributed by atoms with Gasteiger partial charge in [0.15, 0.2) is 5.82 Å². The Morgan fingerprint density at radius 3 is 3.13 bits per heavy atom. The summed E-state index contributed by atoms with van der Waals surface area (Å²) in [5.41, 5.74) is 0. The van der Waals surface area contributed by atoms with E-state index in [0.717, 1.165) is 18.1 Å². The molecule has 0 radical (unpaired) electrons. The second-order valence-electron chi connectivity index (χ2n) is 5.70. The summed E-state index contributed by atoms with van der Waals surface area (Å²) in [6.07, 6.45) is 1.41. The van der Waals surface area contributed by atoms with Crippen molar-refractivity contribution in [2.75, 3.05) is 33.3 Å². The molecule has 1 fully saturated rings. The Morgan fingerprint density at radius 2 is 2.43 bits per heavy atom. The molecule has 0 saturated carbocycles. The van der Waals surface area contributed by atoms with Crippen LogP contribution in [0.25, 0.3) is 0 Å². The first-order chi connectivity index (χ1) is 11.1. The van der Waals surface area contributed by atoms with Crippen molar-refractivity contribution < 1.29 is 13.9 Å². The summed E-state index contributed by atoms with van der Waals surface area (Å²) in [4.78, 5) is 20.4. The Hall–Kier alpha value is -2.19. The van der Waals surface area contributed by atoms with Crippen LogP contribution in [0.1, 0.15) is 23.5 Å². The normalized spacial score (nSPS) is 19.0. The van der Waals surface area contributed by atoms with Gasteiger partial charge < -0.3 is 14.1 Å². The number of hydrogen-bond acceptors (Lipinski definition) is 6. The summed E-state index contributed by atoms with van der Waals surface area (Å²) in [6, 6.07) is 3.68. The summed E-state index contributed by atoms with van der Waals surface area (Å²) in [7, 11) is 1.78. The van der Waals surface area contributed by atoms with Gasteiger partial charge >= 0.3 is 0 Å². The topological polar surface area (TPSA) is 87.5 Å². The number of hydrogen-bond donors (Lipinski definition) is 1. The van der Waals surface area contributed by atoms with Crippen molar-refractivity contribution in [3.63, 3.8) is 0 Å². The molecule has 0 aliphatic carbocycles. The minimum Gasteiger partial charge on any atom is -0.467 e. The molecule has 1 amide bonds. The molecular formula is C15H21N5O3. The minimum atomic E-state index is -0.197. The van der Waals surface area contributed by atoms with E-state index >= 15 is 0 Å². The van der Waals surface area contributed by atoms with Crippen LogP contribution >= 0.6 is 0 Å². The summed E-state index contributed by atoms with van der Waals surface area (Å²) in [6.45, 7) is 4.57. The largest absolute Gasteiger partial charge is 0.467 e. The van der Waals surface area contributed by atoms with E-state index in [-0.39, 0.29) is 12.0 Å². The van der Waals surface area contributed by atoms with Gasteiger partial charge in [0.2, 0.25) is 5.91 Å². The van der Waals surface area contributed by atoms with Gasteiger partial charge in [0.1, 0.15) is 17.7 Å². The lowest BCUT2D eigenvalue weighted by Crippen LogP contribution is -2.44. The molecule has 0 bridgehead atoms. The quantitative estimate of drug-likeness (QED) is 0.874. The van der Waals surface area contributed by atoms with Crippen molar-refractivity contribution >= 4 is 5.91 Å². The smallest absolute Gasteiger partial charge is 0.236 e. The Morgan fingerprint density at radius 1 is 1.57 bits per heavy atom. The van der Waals surface area contributed by atoms with E-state index in [4.69, 9.17) is 9.15 Å². The number of aromatic nitrogens is 3. The van der Waals surface area contributed by atoms with Crippen LogP contribution in [0.3, 0.4) is 0 Å². The van der Waals surface area contributed by atoms with E-state index in [1.54, 1.807) is 18.2 Å². The first kappa shape index (κ1) is 15.7. The van der Waals surface area contributed by atoms with Crippen LogP contribution < -0.4 is 0 Å². The fourth-order valence-corrected chi connectivity index (χ4v) is 2.54. The molecule has 1 aliphatic heterocycles. The van der Waals surface area contributed by atoms with E-state index in [1.807, 2.05) is 19.1 Å². The molecule has 3 rings (SSSR count). The van der Waals surface area contributed by atoms with Crippen molar-refractivity contribution in [3.8, 4) is 0 Å². The number of aryl methyl sites for hydroxylation is 1. The van der Waals surface area contributed by atoms with Gasteiger partial charge in [-0.15, -0.1) is 0 Å². The zero-order chi connectivity index (χ0) is 16.2. The zero-order valence-electron chi connectivity index (χ0n) is 13.4. The van der Waals surface area contributed by atoms with Crippen molar-refractivity contribution in [1.29, 1.82) is 0 Å². The number of nitrogens with one attached hydrogen (secondary N) is 1. The highest BCUT2D eigenvalue weighted by atomic mass is 16.5. The van der Waals surface area contributed by atoms with E-state index in [2.05, 4.69) is 20.1 Å². The van der Waals surface area contributed by atoms with Crippen LogP contribution in [0.4, 0.5) is 0 Å². The van der Waals surface area contributed by atoms with E-state index in [1.165, 1.54) is 0 Å². The molecule has 1 N–H and O–H groups in total. The van der Waals surface area contributed by atoms with Crippen LogP contribution in [0.2, 0.25) is 0 Å². The average Bonchev–Trinajstić information content (AvgIpc) is 3.19. The predicted molar refractivity (Wildman–Crippen MR) is 81.4 cm³/mol. The molecule has 124 valence electrons. The number of nitrogens with zero attached hydrogens (tertiary/aromatic N) is 4. The molecule has 1 saturated heterocycles. The highest BCUT2D eigenvalue weighted by Gasteiger charge is 2.27. The number of likely N-dealkylation sites (N-methyl/N-ethyl adjacent to an activating group) is 1. The third-order valence-electron chi connectivity index (χ3n) is 3.81. The second kappa shape index (κ2) is 6.93. The molecule has 8 nitrogen and oxygen atoms in total. The van der Waals surface area contributed by atoms with Crippen LogP contribution in [-0.4, -0.2) is 64.2 Å². The lowest BCUT2D eigenvalue weighted by atomic mass is 10.2. The lowest BCUT2D eigenvalue weighted by Gasteiger charge is -2.32. The summed E-state index contributed by atoms with van der Waals surface area (Å²) in [5, 5.41) is 6.96. The Bertz CT molecular complexity index is 639. The number of ether oxygens (including phenoxy) is 1. The molecule has 0 spiro atoms. The van der Waals surface area contributed by atoms with Crippen LogP contribution in [0.15, 0.2) is 22.8 Å². The Labute approximate surface area is 134 Å². The number of furan rings is 1. The molecule has 2 aromatic rings. The molecule has 0 unspecified atom stereocenters. The Balaban J connectivity index is 1.53. The molecule has 8 heteroatoms. The molecular weight excluding hydrogens is 298 g/mol. The minimum absolute atomic E-state index is 0.0493. The summed E-state index contributed by atoms with van der Waals surface area (Å²) >= 11 is 0. The van der Waals surface area contributed by atoms with Crippen molar-refractivity contribution in [3.05, 3.63) is 35.8 Å². The highest BCUT2D eigenvalue weighted by molar-refractivity contribution is 5.77. The number of amides is 1. The van der Waals surface area contributed by atoms with Gasteiger partial charge in [-0.05, 0) is 19.1 Å². The van der Waals surface area contributed by atoms with E-state index in [0.29, 0.717) is 32.1 Å². The first-order valence-electron chi connectivity index (χ1n) is 7.61. The molecule has 23 heavy (non-hydrogen) atoms. The predicted octanol–water partition coefficient (Wildman–Crippen LogP) is 0.738. The van der Waals surface area contributed by atoms with Gasteiger partial charge in [-0.2, -0.15) is 5.10 Å². The molecule has 2 aromatic heterocycles. The van der Waals surface area contributed by atoms with Gasteiger partial charge in [0.25, 0.3) is 0 Å². The Kier molecular flexibility index (Phi) is 4.73.